The molecule has 1 rings (SSSR count). The van der Waals surface area contributed by atoms with Crippen LogP contribution in [0.25, 0.3) is 6.08 Å². The molecule has 110 valence electrons. The Balaban J connectivity index is 2.07. The van der Waals surface area contributed by atoms with E-state index < -0.39 is 5.97 Å². The Morgan fingerprint density at radius 1 is 1.30 bits per heavy atom. The molecule has 0 aromatic carbocycles. The zero-order valence-electron chi connectivity index (χ0n) is 11.7. The fraction of sp³-hybridized carbons (Fsp3) is 0.467. The Morgan fingerprint density at radius 3 is 2.70 bits per heavy atom. The summed E-state index contributed by atoms with van der Waals surface area (Å²) in [6.07, 6.45) is 7.06. The van der Waals surface area contributed by atoms with E-state index in [1.165, 1.54) is 5.56 Å². The fourth-order valence-electron chi connectivity index (χ4n) is 1.73. The number of carboxylic acid groups (broad SMARTS) is 1. The van der Waals surface area contributed by atoms with E-state index in [2.05, 4.69) is 5.32 Å². The van der Waals surface area contributed by atoms with Crippen LogP contribution in [0.4, 0.5) is 0 Å². The second kappa shape index (κ2) is 9.31. The summed E-state index contributed by atoms with van der Waals surface area (Å²) in [4.78, 5) is 23.0. The van der Waals surface area contributed by atoms with Gasteiger partial charge in [-0.1, -0.05) is 12.8 Å². The number of unbranched alkanes of at least 4 members (excludes halogenated alkanes) is 3. The third-order valence-corrected chi connectivity index (χ3v) is 3.89. The topological polar surface area (TPSA) is 66.4 Å². The molecule has 0 unspecified atom stereocenters. The number of hydrogen-bond acceptors (Lipinski definition) is 3. The van der Waals surface area contributed by atoms with Gasteiger partial charge in [-0.2, -0.15) is 0 Å². The third-order valence-electron chi connectivity index (χ3n) is 2.90. The second-order valence-corrected chi connectivity index (χ2v) is 5.60. The molecule has 0 bridgehead atoms. The van der Waals surface area contributed by atoms with Crippen molar-refractivity contribution in [1.29, 1.82) is 0 Å². The molecule has 1 amide bonds. The molecule has 0 saturated heterocycles. The first-order chi connectivity index (χ1) is 9.59. The first kappa shape index (κ1) is 16.4. The SMILES string of the molecule is Cc1ccsc1/C=C/C(=O)NCCCCCCC(=O)O. The first-order valence-electron chi connectivity index (χ1n) is 6.81. The molecule has 0 aliphatic heterocycles. The summed E-state index contributed by atoms with van der Waals surface area (Å²) in [5.41, 5.74) is 1.18. The summed E-state index contributed by atoms with van der Waals surface area (Å²) in [5.74, 6) is -0.823. The molecule has 0 spiro atoms. The van der Waals surface area contributed by atoms with Crippen LogP contribution in [0, 0.1) is 6.92 Å². The number of carbonyl (C=O) groups is 2. The minimum Gasteiger partial charge on any atom is -0.481 e. The first-order valence-corrected chi connectivity index (χ1v) is 7.69. The molecule has 5 heteroatoms. The van der Waals surface area contributed by atoms with Gasteiger partial charge < -0.3 is 10.4 Å². The van der Waals surface area contributed by atoms with E-state index in [1.807, 2.05) is 24.4 Å². The molecule has 4 nitrogen and oxygen atoms in total. The quantitative estimate of drug-likeness (QED) is 0.543. The van der Waals surface area contributed by atoms with Crippen molar-refractivity contribution in [3.05, 3.63) is 28.0 Å². The highest BCUT2D eigenvalue weighted by Crippen LogP contribution is 2.16. The lowest BCUT2D eigenvalue weighted by Crippen LogP contribution is -2.21. The highest BCUT2D eigenvalue weighted by molar-refractivity contribution is 7.11. The Hall–Kier alpha value is -1.62. The van der Waals surface area contributed by atoms with Crippen LogP contribution in [0.2, 0.25) is 0 Å². The molecular formula is C15H21NO3S. The number of hydrogen-bond donors (Lipinski definition) is 2. The number of carboxylic acids is 1. The van der Waals surface area contributed by atoms with Crippen molar-refractivity contribution in [2.24, 2.45) is 0 Å². The highest BCUT2D eigenvalue weighted by atomic mass is 32.1. The number of aryl methyl sites for hydroxylation is 1. The maximum Gasteiger partial charge on any atom is 0.303 e. The van der Waals surface area contributed by atoms with Gasteiger partial charge in [0.2, 0.25) is 5.91 Å². The smallest absolute Gasteiger partial charge is 0.303 e. The van der Waals surface area contributed by atoms with Gasteiger partial charge in [-0.25, -0.2) is 0 Å². The van der Waals surface area contributed by atoms with E-state index >= 15 is 0 Å². The Kier molecular flexibility index (Phi) is 7.65. The molecular weight excluding hydrogens is 274 g/mol. The Bertz CT molecular complexity index is 465. The number of aliphatic carboxylic acids is 1. The van der Waals surface area contributed by atoms with Gasteiger partial charge in [-0.3, -0.25) is 9.59 Å². The van der Waals surface area contributed by atoms with Crippen molar-refractivity contribution in [1.82, 2.24) is 5.32 Å². The normalized spacial score (nSPS) is 10.8. The third kappa shape index (κ3) is 7.09. The maximum atomic E-state index is 11.6. The molecule has 0 fully saturated rings. The van der Waals surface area contributed by atoms with Crippen LogP contribution < -0.4 is 5.32 Å². The van der Waals surface area contributed by atoms with Crippen LogP contribution in [0.15, 0.2) is 17.5 Å². The van der Waals surface area contributed by atoms with Gasteiger partial charge in [-0.15, -0.1) is 11.3 Å². The number of nitrogens with one attached hydrogen (secondary N) is 1. The van der Waals surface area contributed by atoms with Crippen LogP contribution in [0.1, 0.15) is 42.5 Å². The monoisotopic (exact) mass is 295 g/mol. The Morgan fingerprint density at radius 2 is 2.05 bits per heavy atom. The predicted molar refractivity (Wildman–Crippen MR) is 81.8 cm³/mol. The van der Waals surface area contributed by atoms with Crippen molar-refractivity contribution in [2.75, 3.05) is 6.54 Å². The molecule has 1 aromatic rings. The second-order valence-electron chi connectivity index (χ2n) is 4.65. The van der Waals surface area contributed by atoms with Gasteiger partial charge in [0.05, 0.1) is 0 Å². The van der Waals surface area contributed by atoms with Gasteiger partial charge in [0, 0.05) is 23.9 Å². The minimum absolute atomic E-state index is 0.0802. The molecule has 0 aliphatic rings. The molecule has 0 saturated carbocycles. The minimum atomic E-state index is -0.743. The molecule has 0 atom stereocenters. The van der Waals surface area contributed by atoms with E-state index in [1.54, 1.807) is 17.4 Å². The fourth-order valence-corrected chi connectivity index (χ4v) is 2.55. The van der Waals surface area contributed by atoms with E-state index in [9.17, 15) is 9.59 Å². The van der Waals surface area contributed by atoms with Crippen LogP contribution in [-0.4, -0.2) is 23.5 Å². The molecule has 20 heavy (non-hydrogen) atoms. The predicted octanol–water partition coefficient (Wildman–Crippen LogP) is 3.22. The Labute approximate surface area is 123 Å². The zero-order valence-corrected chi connectivity index (χ0v) is 12.5. The van der Waals surface area contributed by atoms with E-state index in [-0.39, 0.29) is 12.3 Å². The molecule has 1 aromatic heterocycles. The lowest BCUT2D eigenvalue weighted by atomic mass is 10.1. The summed E-state index contributed by atoms with van der Waals surface area (Å²) in [5, 5.41) is 13.3. The van der Waals surface area contributed by atoms with Crippen molar-refractivity contribution in [2.45, 2.75) is 39.0 Å². The van der Waals surface area contributed by atoms with E-state index in [4.69, 9.17) is 5.11 Å². The summed E-state index contributed by atoms with van der Waals surface area (Å²) in [7, 11) is 0. The number of rotatable bonds is 9. The van der Waals surface area contributed by atoms with Crippen LogP contribution >= 0.6 is 11.3 Å². The van der Waals surface area contributed by atoms with E-state index in [0.717, 1.165) is 24.1 Å². The number of amides is 1. The molecule has 1 heterocycles. The van der Waals surface area contributed by atoms with Crippen molar-refractivity contribution >= 4 is 29.3 Å². The molecule has 0 aliphatic carbocycles. The van der Waals surface area contributed by atoms with Gasteiger partial charge >= 0.3 is 5.97 Å². The van der Waals surface area contributed by atoms with Crippen LogP contribution in [-0.2, 0) is 9.59 Å². The lowest BCUT2D eigenvalue weighted by molar-refractivity contribution is -0.137. The van der Waals surface area contributed by atoms with Crippen molar-refractivity contribution in [3.8, 4) is 0 Å². The standard InChI is InChI=1S/C15H21NO3S/c1-12-9-11-20-13(12)7-8-14(17)16-10-5-3-2-4-6-15(18)19/h7-9,11H,2-6,10H2,1H3,(H,16,17)(H,18,19)/b8-7+. The highest BCUT2D eigenvalue weighted by Gasteiger charge is 1.99. The van der Waals surface area contributed by atoms with Gasteiger partial charge in [0.1, 0.15) is 0 Å². The van der Waals surface area contributed by atoms with Gasteiger partial charge in [-0.05, 0) is 42.9 Å². The largest absolute Gasteiger partial charge is 0.481 e. The molecule has 2 N–H and O–H groups in total. The van der Waals surface area contributed by atoms with Crippen LogP contribution in [0.3, 0.4) is 0 Å². The average molecular weight is 295 g/mol. The van der Waals surface area contributed by atoms with Crippen LogP contribution in [0.5, 0.6) is 0 Å². The maximum absolute atomic E-state index is 11.6. The molecule has 0 radical (unpaired) electrons. The van der Waals surface area contributed by atoms with Gasteiger partial charge in [0.25, 0.3) is 0 Å². The average Bonchev–Trinajstić information content (AvgIpc) is 2.80. The van der Waals surface area contributed by atoms with Gasteiger partial charge in [0.15, 0.2) is 0 Å². The summed E-state index contributed by atoms with van der Waals surface area (Å²) in [6.45, 7) is 2.66. The summed E-state index contributed by atoms with van der Waals surface area (Å²) >= 11 is 1.62. The zero-order chi connectivity index (χ0) is 14.8. The summed E-state index contributed by atoms with van der Waals surface area (Å²) < 4.78 is 0. The lowest BCUT2D eigenvalue weighted by Gasteiger charge is -2.02. The van der Waals surface area contributed by atoms with E-state index in [0.29, 0.717) is 13.0 Å². The summed E-state index contributed by atoms with van der Waals surface area (Å²) in [6, 6.07) is 2.03. The van der Waals surface area contributed by atoms with Crippen molar-refractivity contribution < 1.29 is 14.7 Å². The number of thiophene rings is 1. The number of carbonyl (C=O) groups excluding carboxylic acids is 1. The van der Waals surface area contributed by atoms with Crippen molar-refractivity contribution in [3.63, 3.8) is 0 Å².